The van der Waals surface area contributed by atoms with E-state index in [-0.39, 0.29) is 5.92 Å². The Labute approximate surface area is 172 Å². The molecule has 0 saturated carbocycles. The summed E-state index contributed by atoms with van der Waals surface area (Å²) >= 11 is 5.61. The highest BCUT2D eigenvalue weighted by atomic mass is 32.1. The summed E-state index contributed by atoms with van der Waals surface area (Å²) in [5, 5.41) is 12.5. The first-order chi connectivity index (χ1) is 13.5. The largest absolute Gasteiger partial charge is 0.479 e. The molecule has 1 unspecified atom stereocenters. The number of thiocarbonyl (C=S) groups is 1. The average molecular weight is 400 g/mol. The summed E-state index contributed by atoms with van der Waals surface area (Å²) in [6, 6.07) is 18.5. The van der Waals surface area contributed by atoms with Crippen LogP contribution in [-0.4, -0.2) is 35.3 Å². The highest BCUT2D eigenvalue weighted by Crippen LogP contribution is 2.23. The summed E-state index contributed by atoms with van der Waals surface area (Å²) < 4.78 is 5.29. The number of aliphatic carboxylic acids is 1. The summed E-state index contributed by atoms with van der Waals surface area (Å²) in [5.41, 5.74) is 3.41. The number of nitrogens with one attached hydrogen (secondary N) is 1. The number of hydrogen-bond acceptors (Lipinski definition) is 3. The van der Waals surface area contributed by atoms with E-state index in [0.717, 1.165) is 29.9 Å². The van der Waals surface area contributed by atoms with Crippen LogP contribution in [0.25, 0.3) is 0 Å². The molecule has 0 heterocycles. The third-order valence-electron chi connectivity index (χ3n) is 4.68. The molecule has 0 aliphatic rings. The van der Waals surface area contributed by atoms with Crippen molar-refractivity contribution in [3.63, 3.8) is 0 Å². The molecule has 2 aromatic rings. The van der Waals surface area contributed by atoms with Gasteiger partial charge in [0.25, 0.3) is 0 Å². The maximum absolute atomic E-state index is 11.2. The molecular weight excluding hydrogens is 370 g/mol. The Balaban J connectivity index is 2.01. The monoisotopic (exact) mass is 399 g/mol. The predicted molar refractivity (Wildman–Crippen MR) is 117 cm³/mol. The Morgan fingerprint density at radius 1 is 1.07 bits per heavy atom. The van der Waals surface area contributed by atoms with Gasteiger partial charge in [-0.25, -0.2) is 4.79 Å². The van der Waals surface area contributed by atoms with Gasteiger partial charge in [0.15, 0.2) is 6.10 Å². The number of aryl methyl sites for hydroxylation is 1. The van der Waals surface area contributed by atoms with Crippen LogP contribution in [0.4, 0.5) is 0 Å². The number of rotatable bonds is 11. The molecule has 2 rings (SSSR count). The lowest BCUT2D eigenvalue weighted by molar-refractivity contribution is -0.149. The van der Waals surface area contributed by atoms with Crippen LogP contribution in [0.1, 0.15) is 42.9 Å². The van der Waals surface area contributed by atoms with Crippen molar-refractivity contribution in [2.24, 2.45) is 0 Å². The van der Waals surface area contributed by atoms with E-state index in [0.29, 0.717) is 13.0 Å². The number of carbonyl (C=O) groups is 1. The molecule has 0 saturated heterocycles. The van der Waals surface area contributed by atoms with Gasteiger partial charge in [0, 0.05) is 25.5 Å². The fourth-order valence-corrected chi connectivity index (χ4v) is 3.62. The zero-order valence-electron chi connectivity index (χ0n) is 16.6. The zero-order valence-corrected chi connectivity index (χ0v) is 17.4. The Morgan fingerprint density at radius 3 is 2.29 bits per heavy atom. The van der Waals surface area contributed by atoms with E-state index in [1.54, 1.807) is 6.92 Å². The number of benzene rings is 2. The quantitative estimate of drug-likeness (QED) is 0.550. The maximum atomic E-state index is 11.2. The summed E-state index contributed by atoms with van der Waals surface area (Å²) in [4.78, 5) is 12.1. The maximum Gasteiger partial charge on any atom is 0.333 e. The highest BCUT2D eigenvalue weighted by Gasteiger charge is 2.18. The predicted octanol–water partition coefficient (Wildman–Crippen LogP) is 4.37. The van der Waals surface area contributed by atoms with E-state index < -0.39 is 12.1 Å². The summed E-state index contributed by atoms with van der Waals surface area (Å²) in [6.07, 6.45) is 1.40. The van der Waals surface area contributed by atoms with Crippen molar-refractivity contribution >= 4 is 23.2 Å². The first-order valence-electron chi connectivity index (χ1n) is 9.80. The molecule has 0 aromatic heterocycles. The fourth-order valence-electron chi connectivity index (χ4n) is 3.22. The molecule has 0 bridgehead atoms. The molecule has 0 aliphatic carbocycles. The Bertz CT molecular complexity index is 746. The van der Waals surface area contributed by atoms with Crippen molar-refractivity contribution in [2.75, 3.05) is 13.2 Å². The molecule has 0 fully saturated rings. The molecule has 150 valence electrons. The molecule has 2 atom stereocenters. The second-order valence-electron chi connectivity index (χ2n) is 6.70. The standard InChI is InChI=1S/C23H29NO3S/c1-3-24-22(28)20(19-8-6-5-7-9-19)15-14-17-10-12-18(13-11-17)16-21(23(25)26)27-4-2/h5-13,20-21H,3-4,14-16H2,1-2H3,(H,24,28)(H,25,26)/t20?,21-/m1/s1. The van der Waals surface area contributed by atoms with Crippen LogP contribution < -0.4 is 5.32 Å². The second kappa shape index (κ2) is 11.6. The fraction of sp³-hybridized carbons (Fsp3) is 0.391. The van der Waals surface area contributed by atoms with Gasteiger partial charge in [-0.3, -0.25) is 0 Å². The van der Waals surface area contributed by atoms with E-state index in [1.807, 2.05) is 30.3 Å². The molecule has 0 radical (unpaired) electrons. The van der Waals surface area contributed by atoms with Gasteiger partial charge < -0.3 is 15.2 Å². The lowest BCUT2D eigenvalue weighted by atomic mass is 9.91. The van der Waals surface area contributed by atoms with Crippen LogP contribution in [0.5, 0.6) is 0 Å². The smallest absolute Gasteiger partial charge is 0.333 e. The summed E-state index contributed by atoms with van der Waals surface area (Å²) in [6.45, 7) is 5.07. The Hall–Kier alpha value is -2.24. The average Bonchev–Trinajstić information content (AvgIpc) is 2.70. The minimum atomic E-state index is -0.923. The van der Waals surface area contributed by atoms with Gasteiger partial charge in [-0.15, -0.1) is 0 Å². The molecule has 2 aromatic carbocycles. The molecule has 0 amide bonds. The number of hydrogen-bond donors (Lipinski definition) is 2. The first-order valence-corrected chi connectivity index (χ1v) is 10.2. The van der Waals surface area contributed by atoms with Gasteiger partial charge in [0.2, 0.25) is 0 Å². The molecule has 28 heavy (non-hydrogen) atoms. The Morgan fingerprint density at radius 2 is 1.71 bits per heavy atom. The van der Waals surface area contributed by atoms with Crippen molar-refractivity contribution in [1.82, 2.24) is 5.32 Å². The van der Waals surface area contributed by atoms with Gasteiger partial charge in [0.05, 0.1) is 4.99 Å². The number of carboxylic acids is 1. The lowest BCUT2D eigenvalue weighted by Gasteiger charge is -2.19. The molecule has 2 N–H and O–H groups in total. The molecular formula is C23H29NO3S. The molecule has 0 aliphatic heterocycles. The first kappa shape index (κ1) is 22.1. The summed E-state index contributed by atoms with van der Waals surface area (Å²) in [5.74, 6) is -0.737. The second-order valence-corrected chi connectivity index (χ2v) is 7.14. The number of ether oxygens (including phenoxy) is 1. The number of likely N-dealkylation sites (N-methyl/N-ethyl adjacent to an activating group) is 1. The normalized spacial score (nSPS) is 12.9. The van der Waals surface area contributed by atoms with Crippen LogP contribution >= 0.6 is 12.2 Å². The van der Waals surface area contributed by atoms with E-state index in [2.05, 4.69) is 36.5 Å². The molecule has 4 nitrogen and oxygen atoms in total. The van der Waals surface area contributed by atoms with Crippen molar-refractivity contribution in [3.05, 3.63) is 71.3 Å². The topological polar surface area (TPSA) is 58.6 Å². The minimum absolute atomic E-state index is 0.185. The van der Waals surface area contributed by atoms with Crippen molar-refractivity contribution in [2.45, 2.75) is 45.1 Å². The van der Waals surface area contributed by atoms with Crippen molar-refractivity contribution in [3.8, 4) is 0 Å². The van der Waals surface area contributed by atoms with Crippen LogP contribution in [0, 0.1) is 0 Å². The van der Waals surface area contributed by atoms with Gasteiger partial charge in [-0.1, -0.05) is 66.8 Å². The van der Waals surface area contributed by atoms with E-state index in [1.165, 1.54) is 11.1 Å². The van der Waals surface area contributed by atoms with Gasteiger partial charge in [-0.05, 0) is 43.4 Å². The highest BCUT2D eigenvalue weighted by molar-refractivity contribution is 7.80. The SMILES string of the molecule is CCNC(=S)C(CCc1ccc(C[C@@H](OCC)C(=O)O)cc1)c1ccccc1. The minimum Gasteiger partial charge on any atom is -0.479 e. The Kier molecular flexibility index (Phi) is 9.11. The van der Waals surface area contributed by atoms with Crippen LogP contribution in [-0.2, 0) is 22.4 Å². The zero-order chi connectivity index (χ0) is 20.4. The van der Waals surface area contributed by atoms with Crippen LogP contribution in [0.3, 0.4) is 0 Å². The van der Waals surface area contributed by atoms with Gasteiger partial charge >= 0.3 is 5.97 Å². The van der Waals surface area contributed by atoms with Gasteiger partial charge in [-0.2, -0.15) is 0 Å². The summed E-state index contributed by atoms with van der Waals surface area (Å²) in [7, 11) is 0. The van der Waals surface area contributed by atoms with Gasteiger partial charge in [0.1, 0.15) is 0 Å². The van der Waals surface area contributed by atoms with Crippen LogP contribution in [0.15, 0.2) is 54.6 Å². The van der Waals surface area contributed by atoms with Crippen molar-refractivity contribution in [1.29, 1.82) is 0 Å². The third-order valence-corrected chi connectivity index (χ3v) is 5.11. The van der Waals surface area contributed by atoms with Crippen molar-refractivity contribution < 1.29 is 14.6 Å². The molecule has 5 heteroatoms. The van der Waals surface area contributed by atoms with E-state index in [9.17, 15) is 9.90 Å². The van der Waals surface area contributed by atoms with Crippen LogP contribution in [0.2, 0.25) is 0 Å². The van der Waals surface area contributed by atoms with E-state index >= 15 is 0 Å². The third kappa shape index (κ3) is 6.73. The molecule has 0 spiro atoms. The lowest BCUT2D eigenvalue weighted by Crippen LogP contribution is -2.27. The van der Waals surface area contributed by atoms with E-state index in [4.69, 9.17) is 17.0 Å². The number of carboxylic acid groups (broad SMARTS) is 1.